The zero-order valence-electron chi connectivity index (χ0n) is 12.3. The molecule has 0 aliphatic carbocycles. The molecule has 0 saturated carbocycles. The molecule has 1 saturated heterocycles. The summed E-state index contributed by atoms with van der Waals surface area (Å²) in [5.74, 6) is 0. The van der Waals surface area contributed by atoms with Gasteiger partial charge >= 0.3 is 0 Å². The minimum Gasteiger partial charge on any atom is -0.370 e. The Morgan fingerprint density at radius 1 is 1.43 bits per heavy atom. The van der Waals surface area contributed by atoms with Gasteiger partial charge in [0.15, 0.2) is 0 Å². The van der Waals surface area contributed by atoms with E-state index in [-0.39, 0.29) is 0 Å². The third-order valence-electron chi connectivity index (χ3n) is 3.97. The van der Waals surface area contributed by atoms with E-state index in [1.807, 2.05) is 29.1 Å². The smallest absolute Gasteiger partial charge is 0.0534 e. The molecule has 2 aromatic rings. The van der Waals surface area contributed by atoms with E-state index in [0.29, 0.717) is 6.04 Å². The first-order chi connectivity index (χ1) is 10.2. The van der Waals surface area contributed by atoms with E-state index in [4.69, 9.17) is 11.6 Å². The fraction of sp³-hybridized carbons (Fsp3) is 0.438. The molecule has 5 heteroatoms. The molecule has 4 nitrogen and oxygen atoms in total. The molecule has 1 unspecified atom stereocenters. The average molecular weight is 305 g/mol. The second-order valence-corrected chi connectivity index (χ2v) is 5.93. The topological polar surface area (TPSA) is 33.1 Å². The number of anilines is 1. The van der Waals surface area contributed by atoms with E-state index in [1.165, 1.54) is 11.3 Å². The minimum absolute atomic E-state index is 0.522. The molecular weight excluding hydrogens is 284 g/mol. The van der Waals surface area contributed by atoms with E-state index >= 15 is 0 Å². The zero-order valence-corrected chi connectivity index (χ0v) is 13.1. The van der Waals surface area contributed by atoms with Crippen LogP contribution >= 0.6 is 11.6 Å². The van der Waals surface area contributed by atoms with Gasteiger partial charge in [-0.3, -0.25) is 4.68 Å². The average Bonchev–Trinajstić information content (AvgIpc) is 3.14. The van der Waals surface area contributed by atoms with Gasteiger partial charge in [-0.25, -0.2) is 0 Å². The first kappa shape index (κ1) is 14.4. The van der Waals surface area contributed by atoms with Crippen molar-refractivity contribution in [3.8, 4) is 0 Å². The van der Waals surface area contributed by atoms with Crippen molar-refractivity contribution in [2.45, 2.75) is 32.5 Å². The summed E-state index contributed by atoms with van der Waals surface area (Å²) in [7, 11) is 0. The number of hydrogen-bond acceptors (Lipinski definition) is 3. The molecule has 0 bridgehead atoms. The lowest BCUT2D eigenvalue weighted by Crippen LogP contribution is -2.32. The molecule has 1 aromatic heterocycles. The van der Waals surface area contributed by atoms with E-state index in [0.717, 1.165) is 37.6 Å². The standard InChI is InChI=1S/C16H21ClN4/c1-2-21-11-13(10-19-21)9-18-15-6-7-20(12-15)16-5-3-4-14(17)8-16/h3-5,8,10-11,15,18H,2,6-7,9,12H2,1H3. The largest absolute Gasteiger partial charge is 0.370 e. The van der Waals surface area contributed by atoms with Gasteiger partial charge < -0.3 is 10.2 Å². The van der Waals surface area contributed by atoms with Crippen molar-refractivity contribution >= 4 is 17.3 Å². The number of nitrogens with one attached hydrogen (secondary N) is 1. The van der Waals surface area contributed by atoms with Crippen molar-refractivity contribution in [1.82, 2.24) is 15.1 Å². The molecule has 112 valence electrons. The normalized spacial score (nSPS) is 18.4. The first-order valence-electron chi connectivity index (χ1n) is 7.50. The van der Waals surface area contributed by atoms with Crippen LogP contribution < -0.4 is 10.2 Å². The summed E-state index contributed by atoms with van der Waals surface area (Å²) in [6, 6.07) is 8.61. The van der Waals surface area contributed by atoms with Crippen LogP contribution in [0.15, 0.2) is 36.7 Å². The number of aromatic nitrogens is 2. The highest BCUT2D eigenvalue weighted by Gasteiger charge is 2.22. The van der Waals surface area contributed by atoms with Gasteiger partial charge in [0.2, 0.25) is 0 Å². The zero-order chi connectivity index (χ0) is 14.7. The molecule has 1 aliphatic rings. The summed E-state index contributed by atoms with van der Waals surface area (Å²) in [5, 5.41) is 8.73. The van der Waals surface area contributed by atoms with Crippen LogP contribution in [-0.4, -0.2) is 28.9 Å². The van der Waals surface area contributed by atoms with Gasteiger partial charge in [0, 0.05) is 54.7 Å². The number of nitrogens with zero attached hydrogens (tertiary/aromatic N) is 3. The number of aryl methyl sites for hydroxylation is 1. The van der Waals surface area contributed by atoms with Crippen LogP contribution in [0.5, 0.6) is 0 Å². The molecule has 0 radical (unpaired) electrons. The molecule has 0 amide bonds. The molecule has 1 fully saturated rings. The van der Waals surface area contributed by atoms with E-state index in [9.17, 15) is 0 Å². The summed E-state index contributed by atoms with van der Waals surface area (Å²) < 4.78 is 1.96. The molecule has 1 aromatic carbocycles. The predicted octanol–water partition coefficient (Wildman–Crippen LogP) is 2.92. The molecule has 2 heterocycles. The lowest BCUT2D eigenvalue weighted by molar-refractivity contribution is 0.551. The van der Waals surface area contributed by atoms with E-state index in [1.54, 1.807) is 0 Å². The summed E-state index contributed by atoms with van der Waals surface area (Å²) in [4.78, 5) is 2.39. The Labute approximate surface area is 130 Å². The Morgan fingerprint density at radius 2 is 2.33 bits per heavy atom. The Bertz CT molecular complexity index is 595. The Kier molecular flexibility index (Phi) is 4.46. The summed E-state index contributed by atoms with van der Waals surface area (Å²) in [5.41, 5.74) is 2.46. The number of benzene rings is 1. The van der Waals surface area contributed by atoms with E-state index < -0.39 is 0 Å². The van der Waals surface area contributed by atoms with Crippen LogP contribution in [0.4, 0.5) is 5.69 Å². The minimum atomic E-state index is 0.522. The van der Waals surface area contributed by atoms with Gasteiger partial charge in [-0.05, 0) is 31.5 Å². The van der Waals surface area contributed by atoms with Crippen molar-refractivity contribution in [3.05, 3.63) is 47.2 Å². The van der Waals surface area contributed by atoms with Gasteiger partial charge in [0.1, 0.15) is 0 Å². The fourth-order valence-electron chi connectivity index (χ4n) is 2.77. The van der Waals surface area contributed by atoms with Gasteiger partial charge in [-0.15, -0.1) is 0 Å². The maximum absolute atomic E-state index is 6.07. The van der Waals surface area contributed by atoms with Gasteiger partial charge in [0.05, 0.1) is 6.20 Å². The third kappa shape index (κ3) is 3.57. The quantitative estimate of drug-likeness (QED) is 0.922. The highest BCUT2D eigenvalue weighted by Crippen LogP contribution is 2.23. The van der Waals surface area contributed by atoms with Crippen LogP contribution in [0.25, 0.3) is 0 Å². The molecule has 1 aliphatic heterocycles. The summed E-state index contributed by atoms with van der Waals surface area (Å²) in [6.45, 7) is 6.01. The second-order valence-electron chi connectivity index (χ2n) is 5.50. The predicted molar refractivity (Wildman–Crippen MR) is 86.8 cm³/mol. The SMILES string of the molecule is CCn1cc(CNC2CCN(c3cccc(Cl)c3)C2)cn1. The maximum atomic E-state index is 6.07. The molecule has 1 atom stereocenters. The van der Waals surface area contributed by atoms with Crippen molar-refractivity contribution in [2.75, 3.05) is 18.0 Å². The van der Waals surface area contributed by atoms with Crippen LogP contribution in [-0.2, 0) is 13.1 Å². The van der Waals surface area contributed by atoms with Crippen LogP contribution in [0, 0.1) is 0 Å². The van der Waals surface area contributed by atoms with Crippen molar-refractivity contribution in [3.63, 3.8) is 0 Å². The molecule has 3 rings (SSSR count). The Balaban J connectivity index is 1.52. The summed E-state index contributed by atoms with van der Waals surface area (Å²) >= 11 is 6.07. The summed E-state index contributed by atoms with van der Waals surface area (Å²) in [6.07, 6.45) is 5.21. The first-order valence-corrected chi connectivity index (χ1v) is 7.87. The van der Waals surface area contributed by atoms with Gasteiger partial charge in [-0.2, -0.15) is 5.10 Å². The molecule has 0 spiro atoms. The van der Waals surface area contributed by atoms with Crippen molar-refractivity contribution in [2.24, 2.45) is 0 Å². The number of rotatable bonds is 5. The molecule has 21 heavy (non-hydrogen) atoms. The van der Waals surface area contributed by atoms with Gasteiger partial charge in [0.25, 0.3) is 0 Å². The highest BCUT2D eigenvalue weighted by atomic mass is 35.5. The fourth-order valence-corrected chi connectivity index (χ4v) is 2.95. The Hall–Kier alpha value is -1.52. The maximum Gasteiger partial charge on any atom is 0.0534 e. The van der Waals surface area contributed by atoms with Gasteiger partial charge in [-0.1, -0.05) is 17.7 Å². The van der Waals surface area contributed by atoms with Crippen LogP contribution in [0.2, 0.25) is 5.02 Å². The van der Waals surface area contributed by atoms with Crippen LogP contribution in [0.3, 0.4) is 0 Å². The third-order valence-corrected chi connectivity index (χ3v) is 4.20. The van der Waals surface area contributed by atoms with Crippen LogP contribution in [0.1, 0.15) is 18.9 Å². The second kappa shape index (κ2) is 6.50. The lowest BCUT2D eigenvalue weighted by atomic mass is 10.2. The molecule has 1 N–H and O–H groups in total. The number of hydrogen-bond donors (Lipinski definition) is 1. The monoisotopic (exact) mass is 304 g/mol. The number of halogens is 1. The van der Waals surface area contributed by atoms with Crippen molar-refractivity contribution < 1.29 is 0 Å². The Morgan fingerprint density at radius 3 is 3.10 bits per heavy atom. The van der Waals surface area contributed by atoms with Crippen molar-refractivity contribution in [1.29, 1.82) is 0 Å². The molecular formula is C16H21ClN4. The van der Waals surface area contributed by atoms with E-state index in [2.05, 4.69) is 34.5 Å². The lowest BCUT2D eigenvalue weighted by Gasteiger charge is -2.19. The highest BCUT2D eigenvalue weighted by molar-refractivity contribution is 6.30.